The molecule has 0 radical (unpaired) electrons. The van der Waals surface area contributed by atoms with E-state index < -0.39 is 42.1 Å². The molecule has 0 aliphatic rings. The number of carboxylic acid groups (broad SMARTS) is 1. The van der Waals surface area contributed by atoms with Crippen molar-refractivity contribution in [2.75, 3.05) is 32.7 Å². The summed E-state index contributed by atoms with van der Waals surface area (Å²) < 4.78 is 31.7. The lowest BCUT2D eigenvalue weighted by Crippen LogP contribution is -2.48. The largest absolute Gasteiger partial charge is 0.490 e. The number of amides is 8. The van der Waals surface area contributed by atoms with E-state index in [1.165, 1.54) is 0 Å². The van der Waals surface area contributed by atoms with E-state index in [9.17, 15) is 41.9 Å². The fourth-order valence-electron chi connectivity index (χ4n) is 5.27. The quantitative estimate of drug-likeness (QED) is 0.0406. The zero-order chi connectivity index (χ0) is 45.9. The summed E-state index contributed by atoms with van der Waals surface area (Å²) in [5.74, 6) is -4.94. The molecule has 0 saturated carbocycles. The van der Waals surface area contributed by atoms with Crippen LogP contribution in [0.15, 0.2) is 89.9 Å². The topological polar surface area (TPSA) is 314 Å². The number of aliphatic imine (C=N–C) groups is 1. The number of aliphatic carboxylic acids is 1. The van der Waals surface area contributed by atoms with Crippen molar-refractivity contribution < 1.29 is 51.8 Å². The number of urea groups is 2. The normalized spacial score (nSPS) is 11.5. The van der Waals surface area contributed by atoms with E-state index in [1.54, 1.807) is 0 Å². The van der Waals surface area contributed by atoms with Crippen LogP contribution in [-0.4, -0.2) is 97.7 Å². The van der Waals surface area contributed by atoms with Crippen molar-refractivity contribution >= 4 is 47.6 Å². The first-order valence-electron chi connectivity index (χ1n) is 19.2. The first-order chi connectivity index (χ1) is 29.5. The number of carbonyl (C=O) groups is 7. The number of hydrogen-bond donors (Lipinski definition) is 11. The van der Waals surface area contributed by atoms with Gasteiger partial charge in [-0.2, -0.15) is 13.2 Å². The zero-order valence-electron chi connectivity index (χ0n) is 33.6. The Kier molecular flexibility index (Phi) is 22.6. The van der Waals surface area contributed by atoms with Gasteiger partial charge in [0.15, 0.2) is 5.96 Å². The minimum atomic E-state index is -5.08. The number of nitrogens with zero attached hydrogens (tertiary/aromatic N) is 1. The summed E-state index contributed by atoms with van der Waals surface area (Å²) in [5, 5.41) is 25.6. The molecule has 19 nitrogen and oxygen atoms in total. The number of hydrogen-bond acceptors (Lipinski definition) is 9. The first-order valence-corrected chi connectivity index (χ1v) is 19.2. The number of nitrogens with two attached hydrogens (primary N) is 3. The minimum Gasteiger partial charge on any atom is -0.475 e. The molecule has 336 valence electrons. The number of carbonyl (C=O) groups excluding carboxylic acids is 6. The lowest BCUT2D eigenvalue weighted by molar-refractivity contribution is -0.192. The van der Waals surface area contributed by atoms with Crippen LogP contribution in [0, 0.1) is 0 Å². The third-order valence-corrected chi connectivity index (χ3v) is 8.31. The molecule has 0 bridgehead atoms. The molecule has 0 spiro atoms. The summed E-state index contributed by atoms with van der Waals surface area (Å²) in [7, 11) is 0. The molecule has 3 aromatic carbocycles. The van der Waals surface area contributed by atoms with Crippen LogP contribution in [-0.2, 0) is 37.1 Å². The van der Waals surface area contributed by atoms with Gasteiger partial charge in [0.25, 0.3) is 0 Å². The smallest absolute Gasteiger partial charge is 0.475 e. The molecule has 62 heavy (non-hydrogen) atoms. The molecule has 22 heteroatoms. The average Bonchev–Trinajstić information content (AvgIpc) is 3.24. The van der Waals surface area contributed by atoms with Gasteiger partial charge < -0.3 is 54.2 Å². The highest BCUT2D eigenvalue weighted by Crippen LogP contribution is 2.25. The maximum absolute atomic E-state index is 13.9. The number of carboxylic acids is 1. The first kappa shape index (κ1) is 50.9. The second-order valence-corrected chi connectivity index (χ2v) is 13.1. The van der Waals surface area contributed by atoms with Gasteiger partial charge in [0, 0.05) is 58.7 Å². The molecule has 3 rings (SSSR count). The molecule has 0 aromatic heterocycles. The van der Waals surface area contributed by atoms with Crippen LogP contribution in [0.5, 0.6) is 0 Å². The highest BCUT2D eigenvalue weighted by molar-refractivity contribution is 5.95. The zero-order valence-corrected chi connectivity index (χ0v) is 33.6. The molecule has 8 amide bonds. The molecule has 1 atom stereocenters. The molecule has 0 unspecified atom stereocenters. The van der Waals surface area contributed by atoms with Crippen molar-refractivity contribution in [1.29, 1.82) is 0 Å². The number of alkyl halides is 3. The predicted molar refractivity (Wildman–Crippen MR) is 222 cm³/mol. The second kappa shape index (κ2) is 27.5. The van der Waals surface area contributed by atoms with Crippen molar-refractivity contribution in [3.05, 3.63) is 107 Å². The highest BCUT2D eigenvalue weighted by Gasteiger charge is 2.38. The van der Waals surface area contributed by atoms with Crippen molar-refractivity contribution in [2.24, 2.45) is 22.2 Å². The lowest BCUT2D eigenvalue weighted by atomic mass is 9.90. The van der Waals surface area contributed by atoms with Gasteiger partial charge in [0.2, 0.25) is 23.6 Å². The van der Waals surface area contributed by atoms with Gasteiger partial charge in [-0.05, 0) is 35.1 Å². The van der Waals surface area contributed by atoms with E-state index in [4.69, 9.17) is 27.1 Å². The van der Waals surface area contributed by atoms with E-state index in [1.807, 2.05) is 84.9 Å². The summed E-state index contributed by atoms with van der Waals surface area (Å²) in [6.45, 7) is 1.49. The summed E-state index contributed by atoms with van der Waals surface area (Å²) in [6.07, 6.45) is -4.51. The van der Waals surface area contributed by atoms with Gasteiger partial charge >= 0.3 is 24.2 Å². The van der Waals surface area contributed by atoms with Gasteiger partial charge in [0.05, 0.1) is 5.92 Å². The van der Waals surface area contributed by atoms with Crippen molar-refractivity contribution in [1.82, 2.24) is 37.2 Å². The standard InChI is InChI=1S/C38H51N11O6.C2HF3O2/c39-19-21-42-31(50)17-18-32(51)43-22-23-45-38(55)49-36(40)44-20-7-12-30(34(52)46-24-26-13-15-27(16-14-26)25-47-37(41)54)48-35(53)33(28-8-3-1-4-9-28)29-10-5-2-6-11-29;3-2(4,5)1(6)7/h1-6,8-11,13-16,30,33H,7,12,17-25,39H2,(H,42,50)(H,43,51)(H,46,52)(H,48,53)(H3,41,47,54)(H4,40,44,45,49,55);(H,6,7)/t30-;/m0./s1. The van der Waals surface area contributed by atoms with Gasteiger partial charge in [-0.15, -0.1) is 0 Å². The van der Waals surface area contributed by atoms with E-state index >= 15 is 0 Å². The Bertz CT molecular complexity index is 1900. The monoisotopic (exact) mass is 871 g/mol. The van der Waals surface area contributed by atoms with E-state index in [2.05, 4.69) is 42.2 Å². The second-order valence-electron chi connectivity index (χ2n) is 13.1. The molecule has 0 aliphatic carbocycles. The Labute approximate surface area is 355 Å². The Morgan fingerprint density at radius 2 is 1.15 bits per heavy atom. The predicted octanol–water partition coefficient (Wildman–Crippen LogP) is 0.787. The molecule has 0 saturated heterocycles. The van der Waals surface area contributed by atoms with Gasteiger partial charge in [-0.3, -0.25) is 29.5 Å². The van der Waals surface area contributed by atoms with Crippen molar-refractivity contribution in [2.45, 2.75) is 56.9 Å². The Morgan fingerprint density at radius 3 is 1.63 bits per heavy atom. The van der Waals surface area contributed by atoms with E-state index in [-0.39, 0.29) is 75.7 Å². The summed E-state index contributed by atoms with van der Waals surface area (Å²) in [6, 6.07) is 23.6. The van der Waals surface area contributed by atoms with Crippen molar-refractivity contribution in [3.8, 4) is 0 Å². The SMILES string of the molecule is NCCNC(=O)CCC(=O)NCCNC(=O)NC(N)=NCCC[C@H](NC(=O)C(c1ccccc1)c1ccccc1)C(=O)NCc1ccc(CNC(N)=O)cc1.O=C(O)C(F)(F)F. The maximum Gasteiger partial charge on any atom is 0.490 e. The number of rotatable bonds is 21. The van der Waals surface area contributed by atoms with Crippen LogP contribution in [0.25, 0.3) is 0 Å². The summed E-state index contributed by atoms with van der Waals surface area (Å²) in [4.78, 5) is 87.3. The molecular weight excluding hydrogens is 820 g/mol. The van der Waals surface area contributed by atoms with Crippen molar-refractivity contribution in [3.63, 3.8) is 0 Å². The highest BCUT2D eigenvalue weighted by atomic mass is 19.4. The number of nitrogens with one attached hydrogen (secondary N) is 7. The van der Waals surface area contributed by atoms with Crippen LogP contribution in [0.4, 0.5) is 22.8 Å². The summed E-state index contributed by atoms with van der Waals surface area (Å²) in [5.41, 5.74) is 19.5. The summed E-state index contributed by atoms with van der Waals surface area (Å²) >= 11 is 0. The third-order valence-electron chi connectivity index (χ3n) is 8.31. The van der Waals surface area contributed by atoms with E-state index in [0.29, 0.717) is 19.5 Å². The molecule has 14 N–H and O–H groups in total. The molecule has 3 aromatic rings. The molecule has 0 aliphatic heterocycles. The number of guanidine groups is 1. The Morgan fingerprint density at radius 1 is 0.661 bits per heavy atom. The molecular formula is C40H52F3N11O8. The fourth-order valence-corrected chi connectivity index (χ4v) is 5.27. The minimum absolute atomic E-state index is 0.00171. The van der Waals surface area contributed by atoms with Crippen LogP contribution in [0.3, 0.4) is 0 Å². The van der Waals surface area contributed by atoms with Crippen LogP contribution < -0.4 is 54.4 Å². The van der Waals surface area contributed by atoms with Crippen LogP contribution >= 0.6 is 0 Å². The number of benzene rings is 3. The van der Waals surface area contributed by atoms with Gasteiger partial charge in [0.1, 0.15) is 6.04 Å². The van der Waals surface area contributed by atoms with Gasteiger partial charge in [-0.1, -0.05) is 84.9 Å². The molecule has 0 fully saturated rings. The maximum atomic E-state index is 13.9. The van der Waals surface area contributed by atoms with Crippen LogP contribution in [0.2, 0.25) is 0 Å². The Hall–Kier alpha value is -7.23. The van der Waals surface area contributed by atoms with Gasteiger partial charge in [-0.25, -0.2) is 14.4 Å². The number of halogens is 3. The fraction of sp³-hybridized carbons (Fsp3) is 0.350. The average molecular weight is 872 g/mol. The third kappa shape index (κ3) is 21.2. The molecule has 0 heterocycles. The Balaban J connectivity index is 0.00000173. The lowest BCUT2D eigenvalue weighted by Gasteiger charge is -2.23. The number of primary amides is 1. The van der Waals surface area contributed by atoms with E-state index in [0.717, 1.165) is 22.3 Å². The van der Waals surface area contributed by atoms with Crippen LogP contribution in [0.1, 0.15) is 53.9 Å².